The van der Waals surface area contributed by atoms with Crippen LogP contribution in [0.15, 0.2) is 34.9 Å². The van der Waals surface area contributed by atoms with Crippen molar-refractivity contribution in [1.82, 2.24) is 5.32 Å². The molecule has 1 aliphatic carbocycles. The summed E-state index contributed by atoms with van der Waals surface area (Å²) in [7, 11) is 0. The monoisotopic (exact) mass is 291 g/mol. The highest BCUT2D eigenvalue weighted by molar-refractivity contribution is 6.19. The number of halogens is 1. The second kappa shape index (κ2) is 5.49. The Hall–Kier alpha value is -1.48. The van der Waals surface area contributed by atoms with E-state index in [4.69, 9.17) is 16.0 Å². The molecule has 0 unspecified atom stereocenters. The van der Waals surface area contributed by atoms with Crippen molar-refractivity contribution in [2.75, 3.05) is 5.88 Å². The maximum atomic E-state index is 12.5. The van der Waals surface area contributed by atoms with Gasteiger partial charge < -0.3 is 9.73 Å². The summed E-state index contributed by atoms with van der Waals surface area (Å²) in [6.07, 6.45) is 6.92. The van der Waals surface area contributed by atoms with Crippen molar-refractivity contribution >= 4 is 28.5 Å². The minimum Gasteiger partial charge on any atom is -0.463 e. The number of hydrogen-bond acceptors (Lipinski definition) is 2. The van der Waals surface area contributed by atoms with Crippen LogP contribution in [0.2, 0.25) is 0 Å². The average Bonchev–Trinajstić information content (AvgIpc) is 2.92. The highest BCUT2D eigenvalue weighted by Crippen LogP contribution is 2.30. The lowest BCUT2D eigenvalue weighted by molar-refractivity contribution is 0.0885. The van der Waals surface area contributed by atoms with Crippen molar-refractivity contribution in [3.8, 4) is 0 Å². The van der Waals surface area contributed by atoms with Crippen LogP contribution in [-0.4, -0.2) is 17.3 Å². The molecule has 1 aromatic carbocycles. The van der Waals surface area contributed by atoms with Crippen LogP contribution in [0.4, 0.5) is 0 Å². The van der Waals surface area contributed by atoms with Crippen molar-refractivity contribution in [2.24, 2.45) is 0 Å². The minimum atomic E-state index is -0.255. The van der Waals surface area contributed by atoms with Gasteiger partial charge in [-0.15, -0.1) is 11.6 Å². The zero-order chi connectivity index (χ0) is 14.0. The number of amides is 1. The zero-order valence-electron chi connectivity index (χ0n) is 11.3. The molecule has 0 spiro atoms. The van der Waals surface area contributed by atoms with E-state index in [2.05, 4.69) is 5.32 Å². The zero-order valence-corrected chi connectivity index (χ0v) is 12.1. The Morgan fingerprint density at radius 1 is 1.25 bits per heavy atom. The van der Waals surface area contributed by atoms with Crippen molar-refractivity contribution < 1.29 is 9.21 Å². The van der Waals surface area contributed by atoms with Gasteiger partial charge in [-0.2, -0.15) is 0 Å². The lowest BCUT2D eigenvalue weighted by Crippen LogP contribution is -2.51. The number of fused-ring (bicyclic) bond motifs is 1. The van der Waals surface area contributed by atoms with Crippen LogP contribution in [0.25, 0.3) is 11.0 Å². The molecule has 0 saturated heterocycles. The standard InChI is InChI=1S/C16H18ClNO2/c17-11-16(8-4-1-5-9-16)18-15(19)13-10-20-14-7-3-2-6-12(13)14/h2-3,6-7,10H,1,4-5,8-9,11H2,(H,18,19). The van der Waals surface area contributed by atoms with E-state index in [0.29, 0.717) is 11.4 Å². The first-order chi connectivity index (χ1) is 9.74. The maximum absolute atomic E-state index is 12.5. The second-order valence-electron chi connectivity index (χ2n) is 5.57. The van der Waals surface area contributed by atoms with Crippen molar-refractivity contribution in [3.05, 3.63) is 36.1 Å². The third-order valence-corrected chi connectivity index (χ3v) is 4.68. The minimum absolute atomic E-state index is 0.0856. The Kier molecular flexibility index (Phi) is 3.70. The molecule has 106 valence electrons. The third-order valence-electron chi connectivity index (χ3n) is 4.17. The number of para-hydroxylation sites is 1. The van der Waals surface area contributed by atoms with E-state index in [1.54, 1.807) is 0 Å². The van der Waals surface area contributed by atoms with Gasteiger partial charge in [0.15, 0.2) is 0 Å². The van der Waals surface area contributed by atoms with Gasteiger partial charge in [-0.1, -0.05) is 37.5 Å². The molecule has 1 aliphatic rings. The van der Waals surface area contributed by atoms with Crippen molar-refractivity contribution in [1.29, 1.82) is 0 Å². The SMILES string of the molecule is O=C(NC1(CCl)CCCCC1)c1coc2ccccc12. The van der Waals surface area contributed by atoms with Gasteiger partial charge in [0.2, 0.25) is 0 Å². The van der Waals surface area contributed by atoms with E-state index >= 15 is 0 Å². The van der Waals surface area contributed by atoms with Gasteiger partial charge in [0.25, 0.3) is 5.91 Å². The van der Waals surface area contributed by atoms with Crippen LogP contribution < -0.4 is 5.32 Å². The molecule has 0 bridgehead atoms. The Morgan fingerprint density at radius 2 is 2.00 bits per heavy atom. The molecule has 1 saturated carbocycles. The summed E-state index contributed by atoms with van der Waals surface area (Å²) < 4.78 is 5.43. The molecule has 1 amide bonds. The van der Waals surface area contributed by atoms with Crippen LogP contribution in [0, 0.1) is 0 Å². The molecule has 0 atom stereocenters. The largest absolute Gasteiger partial charge is 0.463 e. The molecule has 1 aromatic heterocycles. The molecule has 3 nitrogen and oxygen atoms in total. The van der Waals surface area contributed by atoms with Gasteiger partial charge in [-0.25, -0.2) is 0 Å². The fourth-order valence-corrected chi connectivity index (χ4v) is 3.32. The summed E-state index contributed by atoms with van der Waals surface area (Å²) >= 11 is 6.12. The quantitative estimate of drug-likeness (QED) is 0.865. The molecule has 0 radical (unpaired) electrons. The highest BCUT2D eigenvalue weighted by Gasteiger charge is 2.33. The molecule has 1 heterocycles. The Bertz CT molecular complexity index is 614. The number of carbonyl (C=O) groups is 1. The Labute approximate surface area is 123 Å². The predicted molar refractivity (Wildman–Crippen MR) is 80.2 cm³/mol. The number of hydrogen-bond donors (Lipinski definition) is 1. The maximum Gasteiger partial charge on any atom is 0.255 e. The summed E-state index contributed by atoms with van der Waals surface area (Å²) in [6, 6.07) is 7.58. The number of benzene rings is 1. The topological polar surface area (TPSA) is 42.2 Å². The van der Waals surface area contributed by atoms with Crippen molar-refractivity contribution in [2.45, 2.75) is 37.6 Å². The smallest absolute Gasteiger partial charge is 0.255 e. The van der Waals surface area contributed by atoms with Gasteiger partial charge in [0, 0.05) is 11.3 Å². The first-order valence-corrected chi connectivity index (χ1v) is 7.62. The number of alkyl halides is 1. The molecule has 1 fully saturated rings. The number of nitrogens with one attached hydrogen (secondary N) is 1. The van der Waals surface area contributed by atoms with E-state index in [1.165, 1.54) is 12.7 Å². The fraction of sp³-hybridized carbons (Fsp3) is 0.438. The molecule has 4 heteroatoms. The summed E-state index contributed by atoms with van der Waals surface area (Å²) in [6.45, 7) is 0. The number of carbonyl (C=O) groups excluding carboxylic acids is 1. The van der Waals surface area contributed by atoms with Crippen LogP contribution in [0.1, 0.15) is 42.5 Å². The lowest BCUT2D eigenvalue weighted by Gasteiger charge is -2.36. The van der Waals surface area contributed by atoms with Crippen molar-refractivity contribution in [3.63, 3.8) is 0 Å². The first kappa shape index (κ1) is 13.5. The molecular formula is C16H18ClNO2. The molecule has 1 N–H and O–H groups in total. The van der Waals surface area contributed by atoms with Crippen LogP contribution in [0.5, 0.6) is 0 Å². The summed E-state index contributed by atoms with van der Waals surface area (Å²) in [5.41, 5.74) is 1.08. The van der Waals surface area contributed by atoms with E-state index < -0.39 is 0 Å². The second-order valence-corrected chi connectivity index (χ2v) is 5.84. The highest BCUT2D eigenvalue weighted by atomic mass is 35.5. The lowest BCUT2D eigenvalue weighted by atomic mass is 9.83. The number of rotatable bonds is 3. The Morgan fingerprint density at radius 3 is 2.75 bits per heavy atom. The molecule has 3 rings (SSSR count). The van der Waals surface area contributed by atoms with Crippen LogP contribution >= 0.6 is 11.6 Å². The molecule has 2 aromatic rings. The molecular weight excluding hydrogens is 274 g/mol. The van der Waals surface area contributed by atoms with Gasteiger partial charge in [-0.05, 0) is 18.9 Å². The van der Waals surface area contributed by atoms with Gasteiger partial charge >= 0.3 is 0 Å². The first-order valence-electron chi connectivity index (χ1n) is 7.09. The third kappa shape index (κ3) is 2.42. The van der Waals surface area contributed by atoms with E-state index in [-0.39, 0.29) is 11.4 Å². The van der Waals surface area contributed by atoms with E-state index in [9.17, 15) is 4.79 Å². The van der Waals surface area contributed by atoms with Crippen LogP contribution in [0.3, 0.4) is 0 Å². The Balaban J connectivity index is 1.85. The molecule has 20 heavy (non-hydrogen) atoms. The number of furan rings is 1. The van der Waals surface area contributed by atoms with E-state index in [1.807, 2.05) is 24.3 Å². The van der Waals surface area contributed by atoms with Gasteiger partial charge in [0.1, 0.15) is 11.8 Å². The summed E-state index contributed by atoms with van der Waals surface area (Å²) in [5.74, 6) is 0.381. The summed E-state index contributed by atoms with van der Waals surface area (Å²) in [4.78, 5) is 12.5. The van der Waals surface area contributed by atoms with Gasteiger partial charge in [-0.3, -0.25) is 4.79 Å². The average molecular weight is 292 g/mol. The molecule has 0 aliphatic heterocycles. The van der Waals surface area contributed by atoms with Gasteiger partial charge in [0.05, 0.1) is 11.1 Å². The van der Waals surface area contributed by atoms with Crippen LogP contribution in [-0.2, 0) is 0 Å². The fourth-order valence-electron chi connectivity index (χ4n) is 2.98. The van der Waals surface area contributed by atoms with E-state index in [0.717, 1.165) is 36.7 Å². The normalized spacial score (nSPS) is 18.1. The summed E-state index contributed by atoms with van der Waals surface area (Å²) in [5, 5.41) is 4.00. The predicted octanol–water partition coefficient (Wildman–Crippen LogP) is 4.10.